The maximum atomic E-state index is 12.2. The van der Waals surface area contributed by atoms with Crippen LogP contribution in [-0.2, 0) is 10.2 Å². The molecule has 0 heterocycles. The number of benzene rings is 2. The molecule has 2 N–H and O–H groups in total. The minimum atomic E-state index is -0.332. The lowest BCUT2D eigenvalue weighted by molar-refractivity contribution is -0.115. The van der Waals surface area contributed by atoms with E-state index in [1.165, 1.54) is 0 Å². The number of nitrogens with zero attached hydrogens (tertiary/aromatic N) is 1. The Morgan fingerprint density at radius 1 is 1.04 bits per heavy atom. The molecule has 2 aromatic rings. The Hall–Kier alpha value is -2.37. The van der Waals surface area contributed by atoms with E-state index < -0.39 is 0 Å². The van der Waals surface area contributed by atoms with Gasteiger partial charge in [-0.05, 0) is 48.2 Å². The van der Waals surface area contributed by atoms with Gasteiger partial charge >= 0.3 is 0 Å². The van der Waals surface area contributed by atoms with Gasteiger partial charge in [-0.1, -0.05) is 56.1 Å². The van der Waals surface area contributed by atoms with E-state index in [1.54, 1.807) is 37.3 Å². The smallest absolute Gasteiger partial charge is 0.271 e. The van der Waals surface area contributed by atoms with E-state index in [-0.39, 0.29) is 23.7 Å². The van der Waals surface area contributed by atoms with Crippen LogP contribution < -0.4 is 10.7 Å². The van der Waals surface area contributed by atoms with Gasteiger partial charge in [0.15, 0.2) is 0 Å². The molecule has 0 aromatic heterocycles. The number of nitrogens with one attached hydrogen (secondary N) is 2. The van der Waals surface area contributed by atoms with Gasteiger partial charge in [0.2, 0.25) is 5.91 Å². The summed E-state index contributed by atoms with van der Waals surface area (Å²) in [7, 11) is 0. The Morgan fingerprint density at radius 2 is 1.68 bits per heavy atom. The summed E-state index contributed by atoms with van der Waals surface area (Å²) in [5.41, 5.74) is 5.06. The highest BCUT2D eigenvalue weighted by Crippen LogP contribution is 2.25. The number of hydrogen-bond acceptors (Lipinski definition) is 3. The summed E-state index contributed by atoms with van der Waals surface area (Å²) in [6.07, 6.45) is 0.0161. The molecular weight excluding hydrogens is 397 g/mol. The van der Waals surface area contributed by atoms with Crippen molar-refractivity contribution in [3.8, 4) is 0 Å². The summed E-state index contributed by atoms with van der Waals surface area (Å²) < 4.78 is 0. The van der Waals surface area contributed by atoms with Crippen LogP contribution in [0.5, 0.6) is 0 Å². The van der Waals surface area contributed by atoms with E-state index in [2.05, 4.69) is 36.6 Å². The predicted molar refractivity (Wildman–Crippen MR) is 115 cm³/mol. The highest BCUT2D eigenvalue weighted by atomic mass is 35.5. The fourth-order valence-corrected chi connectivity index (χ4v) is 2.85. The minimum absolute atomic E-state index is 0.0161. The lowest BCUT2D eigenvalue weighted by Crippen LogP contribution is -2.21. The second kappa shape index (κ2) is 9.22. The standard InChI is InChI=1S/C21H23Cl2N3O2/c1-13(11-19(27)24-18-10-9-16(22)12-17(18)23)25-26-20(28)14-5-7-15(8-6-14)21(2,3)4/h5-10,12H,11H2,1-4H3,(H,24,27)(H,26,28)/b25-13-. The van der Waals surface area contributed by atoms with Crippen molar-refractivity contribution in [2.24, 2.45) is 5.10 Å². The quantitative estimate of drug-likeness (QED) is 0.501. The van der Waals surface area contributed by atoms with E-state index in [0.717, 1.165) is 5.56 Å². The van der Waals surface area contributed by atoms with Crippen LogP contribution in [0.4, 0.5) is 5.69 Å². The number of carbonyl (C=O) groups is 2. The lowest BCUT2D eigenvalue weighted by atomic mass is 9.87. The molecule has 0 aliphatic rings. The maximum Gasteiger partial charge on any atom is 0.271 e. The van der Waals surface area contributed by atoms with Crippen LogP contribution in [0.15, 0.2) is 47.6 Å². The van der Waals surface area contributed by atoms with Gasteiger partial charge in [0.05, 0.1) is 17.1 Å². The molecule has 2 rings (SSSR count). The van der Waals surface area contributed by atoms with Crippen molar-refractivity contribution >= 4 is 46.4 Å². The van der Waals surface area contributed by atoms with Crippen LogP contribution >= 0.6 is 23.2 Å². The third kappa shape index (κ3) is 6.36. The summed E-state index contributed by atoms with van der Waals surface area (Å²) in [6.45, 7) is 7.99. The second-order valence-corrected chi connectivity index (χ2v) is 8.31. The van der Waals surface area contributed by atoms with Gasteiger partial charge < -0.3 is 5.32 Å². The third-order valence-corrected chi connectivity index (χ3v) is 4.53. The molecule has 0 unspecified atom stereocenters. The lowest BCUT2D eigenvalue weighted by Gasteiger charge is -2.18. The molecule has 2 aromatic carbocycles. The zero-order chi connectivity index (χ0) is 20.9. The van der Waals surface area contributed by atoms with Crippen molar-refractivity contribution < 1.29 is 9.59 Å². The van der Waals surface area contributed by atoms with Gasteiger partial charge in [-0.3, -0.25) is 9.59 Å². The second-order valence-electron chi connectivity index (χ2n) is 7.46. The average Bonchev–Trinajstić information content (AvgIpc) is 2.61. The fourth-order valence-electron chi connectivity index (χ4n) is 2.39. The summed E-state index contributed by atoms with van der Waals surface area (Å²) in [6, 6.07) is 12.2. The van der Waals surface area contributed by atoms with Crippen molar-refractivity contribution in [3.05, 3.63) is 63.6 Å². The Kier molecular flexibility index (Phi) is 7.22. The number of carbonyl (C=O) groups excluding carboxylic acids is 2. The van der Waals surface area contributed by atoms with Crippen molar-refractivity contribution in [3.63, 3.8) is 0 Å². The number of hydrazone groups is 1. The minimum Gasteiger partial charge on any atom is -0.324 e. The molecule has 148 valence electrons. The van der Waals surface area contributed by atoms with Crippen LogP contribution in [0.2, 0.25) is 10.0 Å². The van der Waals surface area contributed by atoms with E-state index >= 15 is 0 Å². The van der Waals surface area contributed by atoms with E-state index in [4.69, 9.17) is 23.2 Å². The van der Waals surface area contributed by atoms with E-state index in [9.17, 15) is 9.59 Å². The molecule has 0 aliphatic carbocycles. The first-order valence-electron chi connectivity index (χ1n) is 8.75. The van der Waals surface area contributed by atoms with E-state index in [1.807, 2.05) is 12.1 Å². The first-order valence-corrected chi connectivity index (χ1v) is 9.51. The largest absolute Gasteiger partial charge is 0.324 e. The van der Waals surface area contributed by atoms with Crippen LogP contribution in [-0.4, -0.2) is 17.5 Å². The summed E-state index contributed by atoms with van der Waals surface area (Å²) >= 11 is 11.9. The van der Waals surface area contributed by atoms with E-state index in [0.29, 0.717) is 27.0 Å². The SMILES string of the molecule is C/C(CC(=O)Nc1ccc(Cl)cc1Cl)=N/NC(=O)c1ccc(C(C)(C)C)cc1. The molecule has 0 saturated carbocycles. The van der Waals surface area contributed by atoms with Crippen LogP contribution in [0.3, 0.4) is 0 Å². The van der Waals surface area contributed by atoms with Crippen LogP contribution in [0, 0.1) is 0 Å². The number of halogens is 2. The highest BCUT2D eigenvalue weighted by Gasteiger charge is 2.14. The first-order chi connectivity index (χ1) is 13.1. The molecule has 7 heteroatoms. The highest BCUT2D eigenvalue weighted by molar-refractivity contribution is 6.36. The normalized spacial score (nSPS) is 11.9. The number of hydrogen-bond donors (Lipinski definition) is 2. The number of anilines is 1. The molecule has 0 atom stereocenters. The van der Waals surface area contributed by atoms with Gasteiger partial charge in [-0.15, -0.1) is 0 Å². The third-order valence-electron chi connectivity index (χ3n) is 3.98. The molecule has 0 radical (unpaired) electrons. The zero-order valence-corrected chi connectivity index (χ0v) is 17.8. The van der Waals surface area contributed by atoms with Crippen molar-refractivity contribution in [1.82, 2.24) is 5.43 Å². The van der Waals surface area contributed by atoms with Gasteiger partial charge in [0, 0.05) is 16.3 Å². The van der Waals surface area contributed by atoms with Gasteiger partial charge in [0.1, 0.15) is 0 Å². The topological polar surface area (TPSA) is 70.6 Å². The van der Waals surface area contributed by atoms with Crippen LogP contribution in [0.1, 0.15) is 50.0 Å². The van der Waals surface area contributed by atoms with Gasteiger partial charge in [-0.2, -0.15) is 5.10 Å². The Labute approximate surface area is 175 Å². The van der Waals surface area contributed by atoms with Gasteiger partial charge in [-0.25, -0.2) is 5.43 Å². The first kappa shape index (κ1) is 21.9. The zero-order valence-electron chi connectivity index (χ0n) is 16.3. The molecule has 0 saturated heterocycles. The molecule has 5 nitrogen and oxygen atoms in total. The maximum absolute atomic E-state index is 12.2. The summed E-state index contributed by atoms with van der Waals surface area (Å²) in [4.78, 5) is 24.3. The van der Waals surface area contributed by atoms with Crippen molar-refractivity contribution in [1.29, 1.82) is 0 Å². The predicted octanol–water partition coefficient (Wildman–Crippen LogP) is 5.43. The number of rotatable bonds is 5. The summed E-state index contributed by atoms with van der Waals surface area (Å²) in [5, 5.41) is 7.51. The molecule has 0 fully saturated rings. The Bertz CT molecular complexity index is 901. The van der Waals surface area contributed by atoms with Crippen molar-refractivity contribution in [2.45, 2.75) is 39.5 Å². The van der Waals surface area contributed by atoms with Gasteiger partial charge in [0.25, 0.3) is 5.91 Å². The molecule has 28 heavy (non-hydrogen) atoms. The monoisotopic (exact) mass is 419 g/mol. The Morgan fingerprint density at radius 3 is 2.25 bits per heavy atom. The fraction of sp³-hybridized carbons (Fsp3) is 0.286. The van der Waals surface area contributed by atoms with Crippen molar-refractivity contribution in [2.75, 3.05) is 5.32 Å². The molecule has 2 amide bonds. The number of amides is 2. The molecule has 0 spiro atoms. The van der Waals surface area contributed by atoms with Crippen LogP contribution in [0.25, 0.3) is 0 Å². The summed E-state index contributed by atoms with van der Waals surface area (Å²) in [5.74, 6) is -0.629. The molecule has 0 aliphatic heterocycles. The Balaban J connectivity index is 1.92. The molecule has 0 bridgehead atoms. The average molecular weight is 420 g/mol. The molecular formula is C21H23Cl2N3O2.